The van der Waals surface area contributed by atoms with Crippen LogP contribution in [0.3, 0.4) is 0 Å². The molecule has 28 heavy (non-hydrogen) atoms. The zero-order valence-electron chi connectivity index (χ0n) is 18.4. The second-order valence-electron chi connectivity index (χ2n) is 7.12. The first kappa shape index (κ1) is 26.1. The SMILES string of the molecule is CC.CC(C)CC(=O)N1CCCC1C(=O)NC1CCC1.CO.Cc1ccon1. The minimum atomic E-state index is -0.211. The Bertz CT molecular complexity index is 528. The molecule has 1 atom stereocenters. The third kappa shape index (κ3) is 9.35. The van der Waals surface area contributed by atoms with Crippen LogP contribution in [-0.4, -0.2) is 52.7 Å². The van der Waals surface area contributed by atoms with Gasteiger partial charge in [-0.05, 0) is 44.9 Å². The third-order valence-electron chi connectivity index (χ3n) is 4.48. The molecule has 2 fully saturated rings. The number of rotatable bonds is 4. The van der Waals surface area contributed by atoms with Crippen molar-refractivity contribution in [1.29, 1.82) is 0 Å². The molecule has 1 aromatic heterocycles. The lowest BCUT2D eigenvalue weighted by Crippen LogP contribution is -2.50. The summed E-state index contributed by atoms with van der Waals surface area (Å²) in [4.78, 5) is 26.0. The Morgan fingerprint density at radius 1 is 1.25 bits per heavy atom. The highest BCUT2D eigenvalue weighted by Crippen LogP contribution is 2.22. The molecule has 7 nitrogen and oxygen atoms in total. The highest BCUT2D eigenvalue weighted by atomic mass is 16.5. The molecule has 162 valence electrons. The van der Waals surface area contributed by atoms with Crippen LogP contribution in [0.5, 0.6) is 0 Å². The molecule has 1 aliphatic heterocycles. The van der Waals surface area contributed by atoms with Gasteiger partial charge in [-0.1, -0.05) is 32.9 Å². The number of aliphatic hydroxyl groups excluding tert-OH is 1. The van der Waals surface area contributed by atoms with E-state index in [0.29, 0.717) is 18.4 Å². The lowest BCUT2D eigenvalue weighted by atomic mass is 9.93. The number of nitrogens with one attached hydrogen (secondary N) is 1. The number of carbonyl (C=O) groups excluding carboxylic acids is 2. The molecule has 0 spiro atoms. The first-order valence-electron chi connectivity index (χ1n) is 10.4. The van der Waals surface area contributed by atoms with E-state index in [0.717, 1.165) is 45.0 Å². The van der Waals surface area contributed by atoms with Crippen molar-refractivity contribution in [2.45, 2.75) is 85.2 Å². The van der Waals surface area contributed by atoms with Crippen LogP contribution in [0.4, 0.5) is 0 Å². The van der Waals surface area contributed by atoms with E-state index in [1.54, 1.807) is 17.2 Å². The van der Waals surface area contributed by atoms with Gasteiger partial charge in [0.25, 0.3) is 0 Å². The molecular formula is C21H39N3O4. The summed E-state index contributed by atoms with van der Waals surface area (Å²) >= 11 is 0. The minimum absolute atomic E-state index is 0.0642. The van der Waals surface area contributed by atoms with E-state index in [9.17, 15) is 9.59 Å². The van der Waals surface area contributed by atoms with Crippen molar-refractivity contribution in [3.8, 4) is 0 Å². The van der Waals surface area contributed by atoms with Crippen LogP contribution in [0.15, 0.2) is 16.9 Å². The highest BCUT2D eigenvalue weighted by molar-refractivity contribution is 5.88. The van der Waals surface area contributed by atoms with E-state index in [4.69, 9.17) is 5.11 Å². The van der Waals surface area contributed by atoms with Crippen molar-refractivity contribution in [2.75, 3.05) is 13.7 Å². The van der Waals surface area contributed by atoms with Gasteiger partial charge in [0.2, 0.25) is 11.8 Å². The molecule has 1 aromatic rings. The molecule has 0 aromatic carbocycles. The second-order valence-corrected chi connectivity index (χ2v) is 7.12. The fourth-order valence-electron chi connectivity index (χ4n) is 2.93. The topological polar surface area (TPSA) is 95.7 Å². The van der Waals surface area contributed by atoms with Gasteiger partial charge in [-0.15, -0.1) is 0 Å². The van der Waals surface area contributed by atoms with Gasteiger partial charge in [-0.25, -0.2) is 0 Å². The van der Waals surface area contributed by atoms with E-state index in [1.165, 1.54) is 6.42 Å². The van der Waals surface area contributed by atoms with Crippen LogP contribution in [0, 0.1) is 12.8 Å². The summed E-state index contributed by atoms with van der Waals surface area (Å²) in [5.41, 5.74) is 0.926. The highest BCUT2D eigenvalue weighted by Gasteiger charge is 2.35. The number of aliphatic hydroxyl groups is 1. The van der Waals surface area contributed by atoms with Crippen LogP contribution in [-0.2, 0) is 9.59 Å². The van der Waals surface area contributed by atoms with Crippen molar-refractivity contribution in [3.63, 3.8) is 0 Å². The minimum Gasteiger partial charge on any atom is -0.400 e. The van der Waals surface area contributed by atoms with E-state index in [1.807, 2.05) is 34.6 Å². The van der Waals surface area contributed by atoms with Crippen LogP contribution < -0.4 is 5.32 Å². The number of hydrogen-bond acceptors (Lipinski definition) is 5. The molecule has 2 aliphatic rings. The van der Waals surface area contributed by atoms with Crippen molar-refractivity contribution in [2.24, 2.45) is 5.92 Å². The van der Waals surface area contributed by atoms with Crippen molar-refractivity contribution < 1.29 is 19.2 Å². The lowest BCUT2D eigenvalue weighted by Gasteiger charge is -2.30. The van der Waals surface area contributed by atoms with E-state index in [2.05, 4.69) is 15.0 Å². The fraction of sp³-hybridized carbons (Fsp3) is 0.762. The number of nitrogens with zero attached hydrogens (tertiary/aromatic N) is 2. The number of likely N-dealkylation sites (tertiary alicyclic amines) is 1. The second kappa shape index (κ2) is 15.1. The Kier molecular flexibility index (Phi) is 14.1. The van der Waals surface area contributed by atoms with Crippen LogP contribution in [0.1, 0.15) is 71.9 Å². The first-order chi connectivity index (χ1) is 13.5. The summed E-state index contributed by atoms with van der Waals surface area (Å²) < 4.78 is 4.46. The summed E-state index contributed by atoms with van der Waals surface area (Å²) in [6.07, 6.45) is 7.28. The molecule has 1 aliphatic carbocycles. The molecule has 0 bridgehead atoms. The summed E-state index contributed by atoms with van der Waals surface area (Å²) in [7, 11) is 1.00. The Hall–Kier alpha value is -1.89. The maximum Gasteiger partial charge on any atom is 0.243 e. The molecule has 3 rings (SSSR count). The van der Waals surface area contributed by atoms with E-state index >= 15 is 0 Å². The first-order valence-corrected chi connectivity index (χ1v) is 10.4. The van der Waals surface area contributed by atoms with Crippen molar-refractivity contribution in [1.82, 2.24) is 15.4 Å². The molecule has 1 saturated carbocycles. The predicted molar refractivity (Wildman–Crippen MR) is 111 cm³/mol. The summed E-state index contributed by atoms with van der Waals surface area (Å²) in [6, 6.07) is 1.96. The summed E-state index contributed by atoms with van der Waals surface area (Å²) in [6.45, 7) is 10.7. The molecule has 7 heteroatoms. The zero-order valence-corrected chi connectivity index (χ0v) is 18.4. The predicted octanol–water partition coefficient (Wildman–Crippen LogP) is 3.31. The van der Waals surface area contributed by atoms with Crippen molar-refractivity contribution in [3.05, 3.63) is 18.0 Å². The van der Waals surface area contributed by atoms with Gasteiger partial charge < -0.3 is 19.8 Å². The molecule has 2 N–H and O–H groups in total. The fourth-order valence-corrected chi connectivity index (χ4v) is 2.93. The Morgan fingerprint density at radius 2 is 1.89 bits per heavy atom. The van der Waals surface area contributed by atoms with Crippen molar-refractivity contribution >= 4 is 11.8 Å². The Morgan fingerprint density at radius 3 is 2.29 bits per heavy atom. The monoisotopic (exact) mass is 397 g/mol. The zero-order chi connectivity index (χ0) is 21.5. The van der Waals surface area contributed by atoms with Gasteiger partial charge in [-0.3, -0.25) is 9.59 Å². The van der Waals surface area contributed by atoms with E-state index < -0.39 is 0 Å². The largest absolute Gasteiger partial charge is 0.400 e. The number of aromatic nitrogens is 1. The maximum absolute atomic E-state index is 12.1. The quantitative estimate of drug-likeness (QED) is 0.813. The summed E-state index contributed by atoms with van der Waals surface area (Å²) in [5.74, 6) is 0.555. The van der Waals surface area contributed by atoms with Crippen LogP contribution in [0.2, 0.25) is 0 Å². The summed E-state index contributed by atoms with van der Waals surface area (Å²) in [5, 5.41) is 13.6. The van der Waals surface area contributed by atoms with Gasteiger partial charge >= 0.3 is 0 Å². The number of aryl methyl sites for hydroxylation is 1. The van der Waals surface area contributed by atoms with Gasteiger partial charge in [0.05, 0.1) is 5.69 Å². The van der Waals surface area contributed by atoms with Crippen LogP contribution in [0.25, 0.3) is 0 Å². The third-order valence-corrected chi connectivity index (χ3v) is 4.48. The Labute approximate surface area is 169 Å². The molecule has 2 amide bonds. The molecule has 1 saturated heterocycles. The molecular weight excluding hydrogens is 358 g/mol. The normalized spacial score (nSPS) is 17.9. The molecule has 1 unspecified atom stereocenters. The number of carbonyl (C=O) groups is 2. The maximum atomic E-state index is 12.1. The Balaban J connectivity index is 0.000000607. The van der Waals surface area contributed by atoms with Gasteiger partial charge in [0.1, 0.15) is 12.3 Å². The molecule has 2 heterocycles. The van der Waals surface area contributed by atoms with Gasteiger partial charge in [0.15, 0.2) is 0 Å². The lowest BCUT2D eigenvalue weighted by molar-refractivity contribution is -0.139. The number of hydrogen-bond donors (Lipinski definition) is 2. The average Bonchev–Trinajstić information content (AvgIpc) is 3.33. The smallest absolute Gasteiger partial charge is 0.243 e. The van der Waals surface area contributed by atoms with Crippen LogP contribution >= 0.6 is 0 Å². The molecule has 0 radical (unpaired) electrons. The number of amides is 2. The van der Waals surface area contributed by atoms with E-state index in [-0.39, 0.29) is 17.9 Å². The van der Waals surface area contributed by atoms with Gasteiger partial charge in [-0.2, -0.15) is 0 Å². The van der Waals surface area contributed by atoms with Gasteiger partial charge in [0, 0.05) is 32.2 Å². The standard InChI is InChI=1S/C14H24N2O2.C4H5NO.C2H6.CH4O/c1-10(2)9-13(17)16-8-4-7-12(16)14(18)15-11-5-3-6-11;1-4-2-3-6-5-4;2*1-2/h10-12H,3-9H2,1-2H3,(H,15,18);2-3H,1H3;1-2H3;2H,1H3. The average molecular weight is 398 g/mol.